The van der Waals surface area contributed by atoms with Crippen LogP contribution in [0.3, 0.4) is 0 Å². The predicted molar refractivity (Wildman–Crippen MR) is 77.2 cm³/mol. The number of thiazole rings is 1. The number of aromatic nitrogens is 1. The standard InChI is InChI=1S/C13H13FN2OS2/c1-8-7-18-13(15-8)19-9(2)12(17)16-11-5-3-10(14)4-6-11/h3-7,9H,1-2H3,(H,16,17). The number of rotatable bonds is 4. The van der Waals surface area contributed by atoms with E-state index in [0.717, 1.165) is 10.0 Å². The van der Waals surface area contributed by atoms with Gasteiger partial charge in [-0.25, -0.2) is 9.37 Å². The van der Waals surface area contributed by atoms with Gasteiger partial charge in [0.15, 0.2) is 4.34 Å². The van der Waals surface area contributed by atoms with Crippen LogP contribution in [0.15, 0.2) is 34.0 Å². The molecule has 0 spiro atoms. The van der Waals surface area contributed by atoms with Crippen molar-refractivity contribution < 1.29 is 9.18 Å². The van der Waals surface area contributed by atoms with Crippen LogP contribution in [0.2, 0.25) is 0 Å². The van der Waals surface area contributed by atoms with Gasteiger partial charge in [-0.15, -0.1) is 11.3 Å². The zero-order valence-electron chi connectivity index (χ0n) is 10.5. The maximum absolute atomic E-state index is 12.7. The van der Waals surface area contributed by atoms with Crippen LogP contribution in [-0.4, -0.2) is 16.1 Å². The monoisotopic (exact) mass is 296 g/mol. The van der Waals surface area contributed by atoms with E-state index < -0.39 is 0 Å². The first kappa shape index (κ1) is 14.0. The third-order valence-electron chi connectivity index (χ3n) is 2.36. The molecule has 3 nitrogen and oxygen atoms in total. The molecule has 100 valence electrons. The zero-order valence-corrected chi connectivity index (χ0v) is 12.1. The van der Waals surface area contributed by atoms with Crippen LogP contribution in [0.1, 0.15) is 12.6 Å². The van der Waals surface area contributed by atoms with Crippen LogP contribution in [0.5, 0.6) is 0 Å². The highest BCUT2D eigenvalue weighted by atomic mass is 32.2. The highest BCUT2D eigenvalue weighted by molar-refractivity contribution is 8.02. The molecule has 0 saturated heterocycles. The van der Waals surface area contributed by atoms with Gasteiger partial charge in [0.1, 0.15) is 5.82 Å². The van der Waals surface area contributed by atoms with Crippen molar-refractivity contribution >= 4 is 34.7 Å². The van der Waals surface area contributed by atoms with E-state index in [9.17, 15) is 9.18 Å². The molecule has 6 heteroatoms. The third kappa shape index (κ3) is 4.04. The van der Waals surface area contributed by atoms with E-state index in [1.54, 1.807) is 0 Å². The molecule has 0 aliphatic rings. The van der Waals surface area contributed by atoms with E-state index >= 15 is 0 Å². The number of hydrogen-bond donors (Lipinski definition) is 1. The molecular weight excluding hydrogens is 283 g/mol. The quantitative estimate of drug-likeness (QED) is 0.875. The van der Waals surface area contributed by atoms with E-state index in [1.807, 2.05) is 19.2 Å². The number of benzene rings is 1. The topological polar surface area (TPSA) is 42.0 Å². The number of nitrogens with zero attached hydrogens (tertiary/aromatic N) is 1. The van der Waals surface area contributed by atoms with Crippen LogP contribution >= 0.6 is 23.1 Å². The maximum Gasteiger partial charge on any atom is 0.237 e. The Hall–Kier alpha value is -1.40. The number of hydrogen-bond acceptors (Lipinski definition) is 4. The van der Waals surface area contributed by atoms with Crippen molar-refractivity contribution in [3.8, 4) is 0 Å². The summed E-state index contributed by atoms with van der Waals surface area (Å²) < 4.78 is 13.6. The fraction of sp³-hybridized carbons (Fsp3) is 0.231. The second-order valence-electron chi connectivity index (χ2n) is 4.01. The molecule has 19 heavy (non-hydrogen) atoms. The van der Waals surface area contributed by atoms with Crippen molar-refractivity contribution in [3.63, 3.8) is 0 Å². The van der Waals surface area contributed by atoms with Crippen LogP contribution in [0, 0.1) is 12.7 Å². The Morgan fingerprint density at radius 3 is 2.68 bits per heavy atom. The zero-order chi connectivity index (χ0) is 13.8. The molecular formula is C13H13FN2OS2. The summed E-state index contributed by atoms with van der Waals surface area (Å²) in [6.45, 7) is 3.74. The first-order valence-electron chi connectivity index (χ1n) is 5.70. The maximum atomic E-state index is 12.7. The highest BCUT2D eigenvalue weighted by Gasteiger charge is 2.16. The summed E-state index contributed by atoms with van der Waals surface area (Å²) in [4.78, 5) is 16.3. The highest BCUT2D eigenvalue weighted by Crippen LogP contribution is 2.27. The Labute approximate surface area is 119 Å². The minimum atomic E-state index is -0.321. The number of anilines is 1. The number of carbonyl (C=O) groups excluding carboxylic acids is 1. The Morgan fingerprint density at radius 1 is 1.42 bits per heavy atom. The van der Waals surface area contributed by atoms with Crippen molar-refractivity contribution in [2.24, 2.45) is 0 Å². The summed E-state index contributed by atoms with van der Waals surface area (Å²) in [5, 5.41) is 4.44. The van der Waals surface area contributed by atoms with Crippen LogP contribution in [0.4, 0.5) is 10.1 Å². The largest absolute Gasteiger partial charge is 0.325 e. The smallest absolute Gasteiger partial charge is 0.237 e. The summed E-state index contributed by atoms with van der Waals surface area (Å²) in [5.41, 5.74) is 1.55. The number of halogens is 1. The molecule has 1 atom stereocenters. The van der Waals surface area contributed by atoms with E-state index in [1.165, 1.54) is 47.4 Å². The molecule has 2 rings (SSSR count). The Balaban J connectivity index is 1.94. The van der Waals surface area contributed by atoms with Crippen LogP contribution in [-0.2, 0) is 4.79 Å². The lowest BCUT2D eigenvalue weighted by molar-refractivity contribution is -0.115. The SMILES string of the molecule is Cc1csc(SC(C)C(=O)Nc2ccc(F)cc2)n1. The molecule has 1 heterocycles. The lowest BCUT2D eigenvalue weighted by Gasteiger charge is -2.10. The molecule has 0 fully saturated rings. The molecule has 1 N–H and O–H groups in total. The minimum Gasteiger partial charge on any atom is -0.325 e. The first-order chi connectivity index (χ1) is 9.04. The summed E-state index contributed by atoms with van der Waals surface area (Å²) in [5.74, 6) is -0.442. The van der Waals surface area contributed by atoms with E-state index in [4.69, 9.17) is 0 Å². The average Bonchev–Trinajstić information content (AvgIpc) is 2.77. The van der Waals surface area contributed by atoms with Gasteiger partial charge in [-0.3, -0.25) is 4.79 Å². The molecule has 1 amide bonds. The molecule has 0 bridgehead atoms. The molecule has 1 aromatic heterocycles. The van der Waals surface area contributed by atoms with Gasteiger partial charge in [0.2, 0.25) is 5.91 Å². The minimum absolute atomic E-state index is 0.121. The summed E-state index contributed by atoms with van der Waals surface area (Å²) >= 11 is 2.94. The first-order valence-corrected chi connectivity index (χ1v) is 7.46. The number of nitrogens with one attached hydrogen (secondary N) is 1. The van der Waals surface area contributed by atoms with Crippen molar-refractivity contribution in [3.05, 3.63) is 41.2 Å². The predicted octanol–water partition coefficient (Wildman–Crippen LogP) is 3.71. The Kier molecular flexibility index (Phi) is 4.55. The number of aryl methyl sites for hydroxylation is 1. The summed E-state index contributed by atoms with van der Waals surface area (Å²) in [6, 6.07) is 5.71. The van der Waals surface area contributed by atoms with Gasteiger partial charge >= 0.3 is 0 Å². The second-order valence-corrected chi connectivity index (χ2v) is 6.46. The number of carbonyl (C=O) groups is 1. The second kappa shape index (κ2) is 6.16. The molecule has 1 unspecified atom stereocenters. The van der Waals surface area contributed by atoms with Crippen molar-refractivity contribution in [1.82, 2.24) is 4.98 Å². The van der Waals surface area contributed by atoms with E-state index in [-0.39, 0.29) is 17.0 Å². The normalized spacial score (nSPS) is 12.2. The lowest BCUT2D eigenvalue weighted by atomic mass is 10.3. The Bertz CT molecular complexity index is 568. The van der Waals surface area contributed by atoms with E-state index in [0.29, 0.717) is 5.69 Å². The van der Waals surface area contributed by atoms with Crippen molar-refractivity contribution in [1.29, 1.82) is 0 Å². The van der Waals surface area contributed by atoms with Gasteiger partial charge in [-0.05, 0) is 38.1 Å². The van der Waals surface area contributed by atoms with Gasteiger partial charge in [0.05, 0.1) is 5.25 Å². The van der Waals surface area contributed by atoms with Gasteiger partial charge < -0.3 is 5.32 Å². The molecule has 0 aliphatic carbocycles. The van der Waals surface area contributed by atoms with Gasteiger partial charge in [0, 0.05) is 16.8 Å². The van der Waals surface area contributed by atoms with E-state index in [2.05, 4.69) is 10.3 Å². The molecule has 0 aliphatic heterocycles. The summed E-state index contributed by atoms with van der Waals surface area (Å²) in [7, 11) is 0. The Morgan fingerprint density at radius 2 is 2.11 bits per heavy atom. The number of amides is 1. The summed E-state index contributed by atoms with van der Waals surface area (Å²) in [6.07, 6.45) is 0. The molecule has 0 saturated carbocycles. The number of thioether (sulfide) groups is 1. The van der Waals surface area contributed by atoms with Gasteiger partial charge in [0.25, 0.3) is 0 Å². The molecule has 1 aromatic carbocycles. The van der Waals surface area contributed by atoms with Crippen LogP contribution in [0.25, 0.3) is 0 Å². The average molecular weight is 296 g/mol. The van der Waals surface area contributed by atoms with Crippen LogP contribution < -0.4 is 5.32 Å². The van der Waals surface area contributed by atoms with Gasteiger partial charge in [-0.1, -0.05) is 11.8 Å². The van der Waals surface area contributed by atoms with Gasteiger partial charge in [-0.2, -0.15) is 0 Å². The lowest BCUT2D eigenvalue weighted by Crippen LogP contribution is -2.22. The van der Waals surface area contributed by atoms with Crippen molar-refractivity contribution in [2.75, 3.05) is 5.32 Å². The molecule has 0 radical (unpaired) electrons. The fourth-order valence-corrected chi connectivity index (χ4v) is 3.35. The third-order valence-corrected chi connectivity index (χ3v) is 4.55. The van der Waals surface area contributed by atoms with Crippen molar-refractivity contribution in [2.45, 2.75) is 23.4 Å². The fourth-order valence-electron chi connectivity index (χ4n) is 1.37. The molecule has 2 aromatic rings.